The predicted molar refractivity (Wildman–Crippen MR) is 52.7 cm³/mol. The van der Waals surface area contributed by atoms with Crippen LogP contribution in [0.1, 0.15) is 13.3 Å². The van der Waals surface area contributed by atoms with Crippen LogP contribution in [-0.2, 0) is 4.79 Å². The lowest BCUT2D eigenvalue weighted by atomic mass is 10.3. The fraction of sp³-hybridized carbons (Fsp3) is 0.333. The Balaban J connectivity index is 2.83. The first-order valence-corrected chi connectivity index (χ1v) is 4.37. The van der Waals surface area contributed by atoms with Crippen molar-refractivity contribution >= 4 is 17.9 Å². The Hall–Kier alpha value is -1.65. The van der Waals surface area contributed by atoms with Gasteiger partial charge in [0.05, 0.1) is 11.9 Å². The van der Waals surface area contributed by atoms with Gasteiger partial charge in [-0.15, -0.1) is 0 Å². The minimum Gasteiger partial charge on any atom is -0.368 e. The van der Waals surface area contributed by atoms with Gasteiger partial charge >= 0.3 is 0 Å². The average Bonchev–Trinajstić information content (AvgIpc) is 2.17. The Morgan fingerprint density at radius 3 is 3.07 bits per heavy atom. The number of pyridine rings is 1. The van der Waals surface area contributed by atoms with Gasteiger partial charge in [0.2, 0.25) is 6.41 Å². The highest BCUT2D eigenvalue weighted by atomic mass is 19.1. The first-order valence-electron chi connectivity index (χ1n) is 4.37. The van der Waals surface area contributed by atoms with Gasteiger partial charge in [-0.05, 0) is 6.42 Å². The molecule has 0 aromatic carbocycles. The summed E-state index contributed by atoms with van der Waals surface area (Å²) in [6, 6.07) is 1.22. The van der Waals surface area contributed by atoms with Crippen molar-refractivity contribution in [2.45, 2.75) is 13.3 Å². The van der Waals surface area contributed by atoms with Crippen molar-refractivity contribution in [2.24, 2.45) is 0 Å². The second-order valence-corrected chi connectivity index (χ2v) is 2.74. The number of aromatic nitrogens is 1. The van der Waals surface area contributed by atoms with E-state index in [1.807, 2.05) is 6.92 Å². The smallest absolute Gasteiger partial charge is 0.211 e. The number of anilines is 2. The summed E-state index contributed by atoms with van der Waals surface area (Å²) < 4.78 is 12.7. The number of hydrogen-bond acceptors (Lipinski definition) is 3. The first kappa shape index (κ1) is 10.4. The van der Waals surface area contributed by atoms with Crippen molar-refractivity contribution in [3.63, 3.8) is 0 Å². The summed E-state index contributed by atoms with van der Waals surface area (Å²) >= 11 is 0. The summed E-state index contributed by atoms with van der Waals surface area (Å²) in [6.45, 7) is 2.73. The van der Waals surface area contributed by atoms with E-state index in [2.05, 4.69) is 15.6 Å². The molecule has 0 radical (unpaired) electrons. The van der Waals surface area contributed by atoms with Gasteiger partial charge in [-0.3, -0.25) is 4.79 Å². The van der Waals surface area contributed by atoms with Crippen LogP contribution in [0.25, 0.3) is 0 Å². The van der Waals surface area contributed by atoms with Gasteiger partial charge in [0.1, 0.15) is 11.6 Å². The van der Waals surface area contributed by atoms with Crippen molar-refractivity contribution in [3.05, 3.63) is 18.1 Å². The van der Waals surface area contributed by atoms with E-state index in [9.17, 15) is 9.18 Å². The monoisotopic (exact) mass is 197 g/mol. The number of hydrogen-bond donors (Lipinski definition) is 2. The number of carbonyl (C=O) groups is 1. The van der Waals surface area contributed by atoms with E-state index in [-0.39, 0.29) is 0 Å². The SMILES string of the molecule is CCCNc1ncc(F)cc1NC=O. The molecule has 0 saturated heterocycles. The molecule has 1 aromatic rings. The van der Waals surface area contributed by atoms with Gasteiger partial charge in [0, 0.05) is 12.6 Å². The van der Waals surface area contributed by atoms with Crippen LogP contribution in [0.15, 0.2) is 12.3 Å². The summed E-state index contributed by atoms with van der Waals surface area (Å²) in [5.74, 6) is 0.0109. The zero-order valence-electron chi connectivity index (χ0n) is 7.88. The third-order valence-electron chi connectivity index (χ3n) is 1.61. The molecule has 1 heterocycles. The number of nitrogens with zero attached hydrogens (tertiary/aromatic N) is 1. The van der Waals surface area contributed by atoms with Crippen LogP contribution in [-0.4, -0.2) is 17.9 Å². The lowest BCUT2D eigenvalue weighted by Crippen LogP contribution is -2.06. The Kier molecular flexibility index (Phi) is 3.84. The number of amides is 1. The summed E-state index contributed by atoms with van der Waals surface area (Å²) in [5.41, 5.74) is 0.355. The van der Waals surface area contributed by atoms with Crippen LogP contribution in [0.2, 0.25) is 0 Å². The number of halogens is 1. The van der Waals surface area contributed by atoms with Crippen LogP contribution in [0, 0.1) is 5.82 Å². The van der Waals surface area contributed by atoms with E-state index in [1.165, 1.54) is 6.07 Å². The molecule has 2 N–H and O–H groups in total. The normalized spacial score (nSPS) is 9.57. The molecule has 0 aliphatic heterocycles. The molecule has 0 saturated carbocycles. The molecule has 0 aliphatic rings. The Labute approximate surface area is 81.5 Å². The summed E-state index contributed by atoms with van der Waals surface area (Å²) in [7, 11) is 0. The molecule has 0 spiro atoms. The van der Waals surface area contributed by atoms with Crippen molar-refractivity contribution in [1.29, 1.82) is 0 Å². The van der Waals surface area contributed by atoms with Gasteiger partial charge in [-0.25, -0.2) is 9.37 Å². The fourth-order valence-electron chi connectivity index (χ4n) is 0.997. The lowest BCUT2D eigenvalue weighted by molar-refractivity contribution is -0.105. The molecule has 14 heavy (non-hydrogen) atoms. The van der Waals surface area contributed by atoms with E-state index in [0.717, 1.165) is 19.2 Å². The van der Waals surface area contributed by atoms with Gasteiger partial charge < -0.3 is 10.6 Å². The highest BCUT2D eigenvalue weighted by molar-refractivity contribution is 5.78. The van der Waals surface area contributed by atoms with Crippen LogP contribution in [0.5, 0.6) is 0 Å². The van der Waals surface area contributed by atoms with Crippen molar-refractivity contribution < 1.29 is 9.18 Å². The van der Waals surface area contributed by atoms with Crippen molar-refractivity contribution in [3.8, 4) is 0 Å². The maximum atomic E-state index is 12.7. The molecule has 5 heteroatoms. The number of rotatable bonds is 5. The van der Waals surface area contributed by atoms with Crippen LogP contribution in [0.3, 0.4) is 0 Å². The molecule has 0 aliphatic carbocycles. The molecule has 0 fully saturated rings. The molecule has 1 aromatic heterocycles. The van der Waals surface area contributed by atoms with Crippen LogP contribution in [0.4, 0.5) is 15.9 Å². The highest BCUT2D eigenvalue weighted by Gasteiger charge is 2.03. The third-order valence-corrected chi connectivity index (χ3v) is 1.61. The molecular weight excluding hydrogens is 185 g/mol. The van der Waals surface area contributed by atoms with Crippen molar-refractivity contribution in [2.75, 3.05) is 17.2 Å². The van der Waals surface area contributed by atoms with Crippen LogP contribution < -0.4 is 10.6 Å². The Morgan fingerprint density at radius 1 is 1.64 bits per heavy atom. The van der Waals surface area contributed by atoms with E-state index >= 15 is 0 Å². The maximum absolute atomic E-state index is 12.7. The Morgan fingerprint density at radius 2 is 2.43 bits per heavy atom. The highest BCUT2D eigenvalue weighted by Crippen LogP contribution is 2.18. The van der Waals surface area contributed by atoms with Gasteiger partial charge in [-0.2, -0.15) is 0 Å². The summed E-state index contributed by atoms with van der Waals surface area (Å²) in [6.07, 6.45) is 2.53. The summed E-state index contributed by atoms with van der Waals surface area (Å²) in [4.78, 5) is 14.0. The first-order chi connectivity index (χ1) is 6.77. The van der Waals surface area contributed by atoms with E-state index in [0.29, 0.717) is 17.9 Å². The zero-order chi connectivity index (χ0) is 10.4. The molecule has 0 atom stereocenters. The zero-order valence-corrected chi connectivity index (χ0v) is 7.88. The average molecular weight is 197 g/mol. The van der Waals surface area contributed by atoms with Crippen LogP contribution >= 0.6 is 0 Å². The van der Waals surface area contributed by atoms with Gasteiger partial charge in [-0.1, -0.05) is 6.92 Å². The molecule has 1 rings (SSSR count). The predicted octanol–water partition coefficient (Wildman–Crippen LogP) is 1.61. The third kappa shape index (κ3) is 2.69. The van der Waals surface area contributed by atoms with E-state index in [1.54, 1.807) is 0 Å². The fourth-order valence-corrected chi connectivity index (χ4v) is 0.997. The van der Waals surface area contributed by atoms with Gasteiger partial charge in [0.25, 0.3) is 0 Å². The molecular formula is C9H12FN3O. The second kappa shape index (κ2) is 5.16. The standard InChI is InChI=1S/C9H12FN3O/c1-2-3-11-9-8(13-6-14)4-7(10)5-12-9/h4-6H,2-3H2,1H3,(H,11,12)(H,13,14). The molecule has 1 amide bonds. The second-order valence-electron chi connectivity index (χ2n) is 2.74. The number of nitrogens with one attached hydrogen (secondary N) is 2. The molecule has 4 nitrogen and oxygen atoms in total. The maximum Gasteiger partial charge on any atom is 0.211 e. The largest absolute Gasteiger partial charge is 0.368 e. The minimum atomic E-state index is -0.476. The summed E-state index contributed by atoms with van der Waals surface area (Å²) in [5, 5.41) is 5.36. The van der Waals surface area contributed by atoms with E-state index < -0.39 is 5.82 Å². The molecule has 76 valence electrons. The molecule has 0 unspecified atom stereocenters. The Bertz CT molecular complexity index is 317. The molecule has 0 bridgehead atoms. The van der Waals surface area contributed by atoms with E-state index in [4.69, 9.17) is 0 Å². The minimum absolute atomic E-state index is 0.355. The quantitative estimate of drug-likeness (QED) is 0.705. The van der Waals surface area contributed by atoms with Gasteiger partial charge in [0.15, 0.2) is 0 Å². The van der Waals surface area contributed by atoms with Crippen molar-refractivity contribution in [1.82, 2.24) is 4.98 Å². The topological polar surface area (TPSA) is 54.0 Å². The number of carbonyl (C=O) groups excluding carboxylic acids is 1. The lowest BCUT2D eigenvalue weighted by Gasteiger charge is -2.08.